The maximum absolute atomic E-state index is 12.5. The molecule has 0 aliphatic carbocycles. The van der Waals surface area contributed by atoms with Crippen molar-refractivity contribution in [3.05, 3.63) is 65.6 Å². The van der Waals surface area contributed by atoms with E-state index in [0.717, 1.165) is 5.39 Å². The molecule has 2 heterocycles. The SMILES string of the molecule is Cc1oc2ccc(OC(=O)c3cc4ccccc4o3)cc2c1C(=O)OC(C)C. The van der Waals surface area contributed by atoms with Crippen molar-refractivity contribution in [1.82, 2.24) is 0 Å². The summed E-state index contributed by atoms with van der Waals surface area (Å²) >= 11 is 0. The first-order valence-corrected chi connectivity index (χ1v) is 8.87. The van der Waals surface area contributed by atoms with Crippen LogP contribution in [0.5, 0.6) is 5.75 Å². The van der Waals surface area contributed by atoms with Crippen LogP contribution in [0, 0.1) is 6.92 Å². The molecule has 6 heteroatoms. The average molecular weight is 378 g/mol. The van der Waals surface area contributed by atoms with Gasteiger partial charge in [0.2, 0.25) is 5.76 Å². The zero-order valence-corrected chi connectivity index (χ0v) is 15.6. The Labute approximate surface area is 160 Å². The van der Waals surface area contributed by atoms with Crippen molar-refractivity contribution in [1.29, 1.82) is 0 Å². The predicted molar refractivity (Wildman–Crippen MR) is 103 cm³/mol. The van der Waals surface area contributed by atoms with E-state index in [1.165, 1.54) is 0 Å². The van der Waals surface area contributed by atoms with Crippen LogP contribution in [0.3, 0.4) is 0 Å². The van der Waals surface area contributed by atoms with Gasteiger partial charge in [-0.15, -0.1) is 0 Å². The Bertz CT molecular complexity index is 1160. The third-order valence-electron chi connectivity index (χ3n) is 4.22. The second-order valence-electron chi connectivity index (χ2n) is 6.68. The lowest BCUT2D eigenvalue weighted by molar-refractivity contribution is 0.0378. The van der Waals surface area contributed by atoms with E-state index in [1.807, 2.05) is 18.2 Å². The molecule has 0 aliphatic heterocycles. The summed E-state index contributed by atoms with van der Waals surface area (Å²) in [6.45, 7) is 5.24. The summed E-state index contributed by atoms with van der Waals surface area (Å²) in [4.78, 5) is 24.9. The number of hydrogen-bond donors (Lipinski definition) is 0. The molecule has 6 nitrogen and oxygen atoms in total. The minimum atomic E-state index is -0.623. The summed E-state index contributed by atoms with van der Waals surface area (Å²) in [6, 6.07) is 13.8. The zero-order valence-electron chi connectivity index (χ0n) is 15.6. The van der Waals surface area contributed by atoms with Crippen LogP contribution in [0.2, 0.25) is 0 Å². The second-order valence-corrected chi connectivity index (χ2v) is 6.68. The molecule has 0 aliphatic rings. The second kappa shape index (κ2) is 6.88. The van der Waals surface area contributed by atoms with Gasteiger partial charge in [0.1, 0.15) is 28.2 Å². The van der Waals surface area contributed by atoms with Gasteiger partial charge in [-0.3, -0.25) is 0 Å². The number of ether oxygens (including phenoxy) is 2. The van der Waals surface area contributed by atoms with E-state index in [1.54, 1.807) is 51.1 Å². The fraction of sp³-hybridized carbons (Fsp3) is 0.182. The molecule has 0 saturated carbocycles. The maximum Gasteiger partial charge on any atom is 0.379 e. The Hall–Kier alpha value is -3.54. The lowest BCUT2D eigenvalue weighted by Gasteiger charge is -2.07. The third kappa shape index (κ3) is 3.24. The Morgan fingerprint density at radius 1 is 0.929 bits per heavy atom. The van der Waals surface area contributed by atoms with E-state index in [4.69, 9.17) is 18.3 Å². The molecular formula is C22H18O6. The molecule has 142 valence electrons. The van der Waals surface area contributed by atoms with Crippen LogP contribution in [0.25, 0.3) is 21.9 Å². The van der Waals surface area contributed by atoms with Gasteiger partial charge in [-0.05, 0) is 51.1 Å². The highest BCUT2D eigenvalue weighted by molar-refractivity contribution is 6.05. The van der Waals surface area contributed by atoms with Crippen LogP contribution in [0.4, 0.5) is 0 Å². The number of furan rings is 2. The van der Waals surface area contributed by atoms with Gasteiger partial charge < -0.3 is 18.3 Å². The third-order valence-corrected chi connectivity index (χ3v) is 4.22. The van der Waals surface area contributed by atoms with Gasteiger partial charge in [0.15, 0.2) is 0 Å². The van der Waals surface area contributed by atoms with Gasteiger partial charge >= 0.3 is 11.9 Å². The molecule has 4 rings (SSSR count). The van der Waals surface area contributed by atoms with E-state index >= 15 is 0 Å². The number of benzene rings is 2. The number of aryl methyl sites for hydroxylation is 1. The summed E-state index contributed by atoms with van der Waals surface area (Å²) in [5, 5.41) is 1.34. The number of fused-ring (bicyclic) bond motifs is 2. The minimum Gasteiger partial charge on any atom is -0.460 e. The molecule has 0 radical (unpaired) electrons. The monoisotopic (exact) mass is 378 g/mol. The van der Waals surface area contributed by atoms with Crippen molar-refractivity contribution >= 4 is 33.9 Å². The Morgan fingerprint density at radius 3 is 2.46 bits per heavy atom. The molecule has 0 bridgehead atoms. The van der Waals surface area contributed by atoms with Crippen molar-refractivity contribution in [2.24, 2.45) is 0 Å². The first kappa shape index (κ1) is 17.9. The average Bonchev–Trinajstić information content (AvgIpc) is 3.21. The van der Waals surface area contributed by atoms with Crippen molar-refractivity contribution in [2.75, 3.05) is 0 Å². The van der Waals surface area contributed by atoms with Gasteiger partial charge in [0.05, 0.1) is 6.10 Å². The van der Waals surface area contributed by atoms with E-state index in [9.17, 15) is 9.59 Å². The first-order valence-electron chi connectivity index (χ1n) is 8.87. The number of carbonyl (C=O) groups excluding carboxylic acids is 2. The van der Waals surface area contributed by atoms with E-state index in [0.29, 0.717) is 27.9 Å². The van der Waals surface area contributed by atoms with Crippen LogP contribution in [-0.4, -0.2) is 18.0 Å². The van der Waals surface area contributed by atoms with Crippen molar-refractivity contribution in [3.63, 3.8) is 0 Å². The van der Waals surface area contributed by atoms with Crippen molar-refractivity contribution in [2.45, 2.75) is 26.9 Å². The molecule has 2 aromatic carbocycles. The summed E-state index contributed by atoms with van der Waals surface area (Å²) in [7, 11) is 0. The topological polar surface area (TPSA) is 78.9 Å². The molecule has 0 amide bonds. The fourth-order valence-electron chi connectivity index (χ4n) is 3.03. The molecule has 4 aromatic rings. The molecule has 0 atom stereocenters. The Balaban J connectivity index is 1.65. The van der Waals surface area contributed by atoms with E-state index in [-0.39, 0.29) is 17.6 Å². The van der Waals surface area contributed by atoms with Crippen LogP contribution in [-0.2, 0) is 4.74 Å². The van der Waals surface area contributed by atoms with Crippen LogP contribution in [0.1, 0.15) is 40.5 Å². The number of esters is 2. The van der Waals surface area contributed by atoms with Gasteiger partial charge in [0.25, 0.3) is 0 Å². The highest BCUT2D eigenvalue weighted by Crippen LogP contribution is 2.30. The smallest absolute Gasteiger partial charge is 0.379 e. The van der Waals surface area contributed by atoms with Crippen LogP contribution in [0.15, 0.2) is 57.4 Å². The molecule has 0 saturated heterocycles. The Kier molecular flexibility index (Phi) is 4.39. The number of hydrogen-bond acceptors (Lipinski definition) is 6. The first-order chi connectivity index (χ1) is 13.4. The van der Waals surface area contributed by atoms with Gasteiger partial charge in [-0.2, -0.15) is 0 Å². The maximum atomic E-state index is 12.5. The molecule has 0 spiro atoms. The summed E-state index contributed by atoms with van der Waals surface area (Å²) < 4.78 is 21.9. The molecular weight excluding hydrogens is 360 g/mol. The Morgan fingerprint density at radius 2 is 1.71 bits per heavy atom. The zero-order chi connectivity index (χ0) is 19.8. The lowest BCUT2D eigenvalue weighted by Crippen LogP contribution is -2.12. The molecule has 2 aromatic heterocycles. The normalized spacial score (nSPS) is 11.3. The van der Waals surface area contributed by atoms with Crippen LogP contribution >= 0.6 is 0 Å². The fourth-order valence-corrected chi connectivity index (χ4v) is 3.03. The lowest BCUT2D eigenvalue weighted by atomic mass is 10.1. The highest BCUT2D eigenvalue weighted by atomic mass is 16.6. The number of carbonyl (C=O) groups is 2. The number of para-hydroxylation sites is 1. The van der Waals surface area contributed by atoms with Crippen molar-refractivity contribution in [3.8, 4) is 5.75 Å². The van der Waals surface area contributed by atoms with Gasteiger partial charge in [-0.1, -0.05) is 18.2 Å². The largest absolute Gasteiger partial charge is 0.460 e. The highest BCUT2D eigenvalue weighted by Gasteiger charge is 2.22. The molecule has 0 fully saturated rings. The van der Waals surface area contributed by atoms with E-state index < -0.39 is 11.9 Å². The molecule has 0 N–H and O–H groups in total. The standard InChI is InChI=1S/C22H18O6/c1-12(2)25-22(24)20-13(3)26-18-9-8-15(11-16(18)20)27-21(23)19-10-14-6-4-5-7-17(14)28-19/h4-12H,1-3H3. The predicted octanol–water partition coefficient (Wildman–Crippen LogP) is 5.27. The quantitative estimate of drug-likeness (QED) is 0.355. The van der Waals surface area contributed by atoms with E-state index in [2.05, 4.69) is 0 Å². The molecule has 0 unspecified atom stereocenters. The van der Waals surface area contributed by atoms with Gasteiger partial charge in [0, 0.05) is 10.8 Å². The van der Waals surface area contributed by atoms with Gasteiger partial charge in [-0.25, -0.2) is 9.59 Å². The van der Waals surface area contributed by atoms with Crippen LogP contribution < -0.4 is 4.74 Å². The summed E-state index contributed by atoms with van der Waals surface area (Å²) in [5.74, 6) is -0.281. The molecule has 28 heavy (non-hydrogen) atoms. The number of rotatable bonds is 4. The summed E-state index contributed by atoms with van der Waals surface area (Å²) in [5.41, 5.74) is 1.44. The minimum absolute atomic E-state index is 0.101. The van der Waals surface area contributed by atoms with Crippen molar-refractivity contribution < 1.29 is 27.9 Å². The summed E-state index contributed by atoms with van der Waals surface area (Å²) in [6.07, 6.45) is -0.258.